The summed E-state index contributed by atoms with van der Waals surface area (Å²) in [6.07, 6.45) is -4.62. The molecule has 1 heterocycles. The van der Waals surface area contributed by atoms with Gasteiger partial charge < -0.3 is 19.5 Å². The standard InChI is InChI=1S/C17H18F3NO5/c18-17(19,20)26-14-4-2-1-3-11(14)12-8-13(12)16(24)21-5-6-25-9-10(21)7-15(22)23/h1-4,10,12-13H,5-9H2,(H,22,23). The van der Waals surface area contributed by atoms with E-state index in [0.29, 0.717) is 18.6 Å². The molecule has 1 aromatic rings. The van der Waals surface area contributed by atoms with Crippen molar-refractivity contribution < 1.29 is 37.3 Å². The van der Waals surface area contributed by atoms with Crippen LogP contribution in [0, 0.1) is 5.92 Å². The minimum absolute atomic E-state index is 0.142. The van der Waals surface area contributed by atoms with Crippen molar-refractivity contribution in [3.8, 4) is 5.75 Å². The lowest BCUT2D eigenvalue weighted by molar-refractivity contribution is -0.274. The number of aliphatic carboxylic acids is 1. The number of carboxylic acid groups (broad SMARTS) is 1. The molecule has 1 aliphatic carbocycles. The number of alkyl halides is 3. The number of ether oxygens (including phenoxy) is 2. The number of carbonyl (C=O) groups is 2. The first kappa shape index (κ1) is 18.5. The van der Waals surface area contributed by atoms with Crippen LogP contribution in [0.15, 0.2) is 24.3 Å². The van der Waals surface area contributed by atoms with Crippen molar-refractivity contribution in [1.29, 1.82) is 0 Å². The Hall–Kier alpha value is -2.29. The highest BCUT2D eigenvalue weighted by molar-refractivity contribution is 5.84. The van der Waals surface area contributed by atoms with Gasteiger partial charge in [-0.1, -0.05) is 18.2 Å². The molecule has 6 nitrogen and oxygen atoms in total. The first-order chi connectivity index (χ1) is 12.3. The Morgan fingerprint density at radius 1 is 1.31 bits per heavy atom. The van der Waals surface area contributed by atoms with Gasteiger partial charge in [0, 0.05) is 12.5 Å². The molecule has 0 aromatic heterocycles. The number of amides is 1. The Bertz CT molecular complexity index is 693. The number of benzene rings is 1. The number of carbonyl (C=O) groups excluding carboxylic acids is 1. The van der Waals surface area contributed by atoms with Crippen LogP contribution in [-0.2, 0) is 14.3 Å². The summed E-state index contributed by atoms with van der Waals surface area (Å²) in [4.78, 5) is 25.2. The summed E-state index contributed by atoms with van der Waals surface area (Å²) in [5.74, 6) is -2.41. The Morgan fingerprint density at radius 2 is 2.04 bits per heavy atom. The lowest BCUT2D eigenvalue weighted by atomic mass is 10.1. The summed E-state index contributed by atoms with van der Waals surface area (Å²) in [5, 5.41) is 8.98. The smallest absolute Gasteiger partial charge is 0.481 e. The molecule has 0 spiro atoms. The molecule has 26 heavy (non-hydrogen) atoms. The van der Waals surface area contributed by atoms with Crippen molar-refractivity contribution in [2.45, 2.75) is 31.2 Å². The molecule has 1 amide bonds. The largest absolute Gasteiger partial charge is 0.573 e. The third-order valence-electron chi connectivity index (χ3n) is 4.57. The van der Waals surface area contributed by atoms with E-state index in [1.165, 1.54) is 23.1 Å². The SMILES string of the molecule is O=C(O)CC1COCCN1C(=O)C1CC1c1ccccc1OC(F)(F)F. The van der Waals surface area contributed by atoms with Crippen molar-refractivity contribution in [3.63, 3.8) is 0 Å². The summed E-state index contributed by atoms with van der Waals surface area (Å²) < 4.78 is 47.0. The van der Waals surface area contributed by atoms with Crippen LogP contribution in [0.5, 0.6) is 5.75 Å². The highest BCUT2D eigenvalue weighted by atomic mass is 19.4. The zero-order valence-electron chi connectivity index (χ0n) is 13.7. The van der Waals surface area contributed by atoms with Gasteiger partial charge in [0.2, 0.25) is 5.91 Å². The second kappa shape index (κ2) is 7.14. The Labute approximate surface area is 147 Å². The molecule has 142 valence electrons. The molecule has 2 aliphatic rings. The average molecular weight is 373 g/mol. The highest BCUT2D eigenvalue weighted by Crippen LogP contribution is 2.52. The van der Waals surface area contributed by atoms with Gasteiger partial charge in [-0.25, -0.2) is 0 Å². The average Bonchev–Trinajstić information content (AvgIpc) is 3.34. The van der Waals surface area contributed by atoms with E-state index in [1.807, 2.05) is 0 Å². The maximum Gasteiger partial charge on any atom is 0.573 e. The molecule has 1 N–H and O–H groups in total. The van der Waals surface area contributed by atoms with E-state index >= 15 is 0 Å². The predicted octanol–water partition coefficient (Wildman–Crippen LogP) is 2.39. The molecule has 9 heteroatoms. The van der Waals surface area contributed by atoms with E-state index in [1.54, 1.807) is 6.07 Å². The van der Waals surface area contributed by atoms with Gasteiger partial charge in [0.05, 0.1) is 25.7 Å². The quantitative estimate of drug-likeness (QED) is 0.858. The molecule has 3 atom stereocenters. The van der Waals surface area contributed by atoms with Gasteiger partial charge in [-0.15, -0.1) is 13.2 Å². The van der Waals surface area contributed by atoms with Crippen molar-refractivity contribution in [2.24, 2.45) is 5.92 Å². The number of para-hydroxylation sites is 1. The summed E-state index contributed by atoms with van der Waals surface area (Å²) in [6.45, 7) is 0.733. The van der Waals surface area contributed by atoms with Crippen LogP contribution in [0.25, 0.3) is 0 Å². The monoisotopic (exact) mass is 373 g/mol. The topological polar surface area (TPSA) is 76.1 Å². The number of carboxylic acids is 1. The minimum atomic E-state index is -4.80. The van der Waals surface area contributed by atoms with Gasteiger partial charge in [-0.05, 0) is 24.0 Å². The number of halogens is 3. The van der Waals surface area contributed by atoms with Crippen LogP contribution in [-0.4, -0.2) is 54.0 Å². The van der Waals surface area contributed by atoms with Crippen molar-refractivity contribution >= 4 is 11.9 Å². The van der Waals surface area contributed by atoms with Crippen molar-refractivity contribution in [1.82, 2.24) is 4.90 Å². The molecule has 1 aromatic carbocycles. The second-order valence-electron chi connectivity index (χ2n) is 6.39. The second-order valence-corrected chi connectivity index (χ2v) is 6.39. The van der Waals surface area contributed by atoms with E-state index < -0.39 is 24.3 Å². The van der Waals surface area contributed by atoms with E-state index in [4.69, 9.17) is 9.84 Å². The van der Waals surface area contributed by atoms with Gasteiger partial charge in [0.1, 0.15) is 5.75 Å². The summed E-state index contributed by atoms with van der Waals surface area (Å²) >= 11 is 0. The third-order valence-corrected chi connectivity index (χ3v) is 4.57. The van der Waals surface area contributed by atoms with Crippen LogP contribution >= 0.6 is 0 Å². The lowest BCUT2D eigenvalue weighted by Crippen LogP contribution is -2.50. The molecule has 3 unspecified atom stereocenters. The fourth-order valence-electron chi connectivity index (χ4n) is 3.34. The fourth-order valence-corrected chi connectivity index (χ4v) is 3.34. The van der Waals surface area contributed by atoms with Crippen LogP contribution in [0.1, 0.15) is 24.3 Å². The van der Waals surface area contributed by atoms with Crippen molar-refractivity contribution in [3.05, 3.63) is 29.8 Å². The highest BCUT2D eigenvalue weighted by Gasteiger charge is 2.49. The van der Waals surface area contributed by atoms with Crippen LogP contribution in [0.2, 0.25) is 0 Å². The first-order valence-electron chi connectivity index (χ1n) is 8.21. The lowest BCUT2D eigenvalue weighted by Gasteiger charge is -2.35. The van der Waals surface area contributed by atoms with Crippen LogP contribution in [0.3, 0.4) is 0 Å². The van der Waals surface area contributed by atoms with Crippen LogP contribution < -0.4 is 4.74 Å². The number of hydrogen-bond donors (Lipinski definition) is 1. The van der Waals surface area contributed by atoms with E-state index in [0.717, 1.165) is 0 Å². The van der Waals surface area contributed by atoms with Gasteiger partial charge in [0.15, 0.2) is 0 Å². The number of rotatable bonds is 5. The number of hydrogen-bond acceptors (Lipinski definition) is 4. The summed E-state index contributed by atoms with van der Waals surface area (Å²) in [6, 6.07) is 5.23. The minimum Gasteiger partial charge on any atom is -0.481 e. The zero-order valence-corrected chi connectivity index (χ0v) is 13.7. The van der Waals surface area contributed by atoms with Gasteiger partial charge >= 0.3 is 12.3 Å². The molecule has 1 aliphatic heterocycles. The molecular formula is C17H18F3NO5. The fraction of sp³-hybridized carbons (Fsp3) is 0.529. The molecule has 0 bridgehead atoms. The van der Waals surface area contributed by atoms with Crippen LogP contribution in [0.4, 0.5) is 13.2 Å². The molecule has 2 fully saturated rings. The molecular weight excluding hydrogens is 355 g/mol. The Kier molecular flexibility index (Phi) is 5.08. The van der Waals surface area contributed by atoms with E-state index in [9.17, 15) is 22.8 Å². The first-order valence-corrected chi connectivity index (χ1v) is 8.21. The van der Waals surface area contributed by atoms with E-state index in [2.05, 4.69) is 4.74 Å². The van der Waals surface area contributed by atoms with Gasteiger partial charge in [-0.3, -0.25) is 9.59 Å². The predicted molar refractivity (Wildman–Crippen MR) is 82.5 cm³/mol. The Morgan fingerprint density at radius 3 is 2.73 bits per heavy atom. The summed E-state index contributed by atoms with van der Waals surface area (Å²) in [5.41, 5.74) is 0.339. The van der Waals surface area contributed by atoms with E-state index in [-0.39, 0.29) is 37.1 Å². The van der Waals surface area contributed by atoms with Gasteiger partial charge in [0.25, 0.3) is 0 Å². The molecule has 0 radical (unpaired) electrons. The molecule has 1 saturated carbocycles. The third kappa shape index (κ3) is 4.27. The molecule has 3 rings (SSSR count). The zero-order chi connectivity index (χ0) is 18.9. The summed E-state index contributed by atoms with van der Waals surface area (Å²) in [7, 11) is 0. The van der Waals surface area contributed by atoms with Crippen molar-refractivity contribution in [2.75, 3.05) is 19.8 Å². The maximum atomic E-state index is 12.7. The van der Waals surface area contributed by atoms with Gasteiger partial charge in [-0.2, -0.15) is 0 Å². The normalized spacial score (nSPS) is 25.7. The number of nitrogens with zero attached hydrogens (tertiary/aromatic N) is 1. The maximum absolute atomic E-state index is 12.7. The Balaban J connectivity index is 1.72. The molecule has 1 saturated heterocycles. The number of morpholine rings is 1.